The summed E-state index contributed by atoms with van der Waals surface area (Å²) in [6.07, 6.45) is 0.143. The van der Waals surface area contributed by atoms with Gasteiger partial charge in [-0.3, -0.25) is 5.32 Å². The summed E-state index contributed by atoms with van der Waals surface area (Å²) < 4.78 is 27.5. The van der Waals surface area contributed by atoms with Gasteiger partial charge in [-0.2, -0.15) is 0 Å². The van der Waals surface area contributed by atoms with Gasteiger partial charge in [-0.1, -0.05) is 40.2 Å². The van der Waals surface area contributed by atoms with Crippen LogP contribution in [0.25, 0.3) is 11.1 Å². The van der Waals surface area contributed by atoms with Gasteiger partial charge in [0.25, 0.3) is 0 Å². The molecule has 1 N–H and O–H groups in total. The number of halogens is 2. The minimum absolute atomic E-state index is 0.306. The second kappa shape index (κ2) is 8.48. The first kappa shape index (κ1) is 19.9. The monoisotopic (exact) mass is 446 g/mol. The number of nitrogens with zero attached hydrogens (tertiary/aromatic N) is 1. The van der Waals surface area contributed by atoms with Gasteiger partial charge in [0.2, 0.25) is 0 Å². The highest BCUT2D eigenvalue weighted by molar-refractivity contribution is 9.10. The molecule has 3 aromatic rings. The molecule has 28 heavy (non-hydrogen) atoms. The molecule has 5 nitrogen and oxygen atoms in total. The zero-order valence-electron chi connectivity index (χ0n) is 15.7. The normalized spacial score (nSPS) is 11.8. The summed E-state index contributed by atoms with van der Waals surface area (Å²) in [5, 5.41) is 2.66. The molecule has 0 aliphatic heterocycles. The summed E-state index contributed by atoms with van der Waals surface area (Å²) in [7, 11) is 3.23. The van der Waals surface area contributed by atoms with Crippen LogP contribution in [0.4, 0.5) is 15.0 Å². The minimum atomic E-state index is -0.671. The summed E-state index contributed by atoms with van der Waals surface area (Å²) >= 11 is 3.36. The third-order valence-corrected chi connectivity index (χ3v) is 4.86. The Morgan fingerprint density at radius 1 is 1.21 bits per heavy atom. The van der Waals surface area contributed by atoms with Crippen molar-refractivity contribution in [1.29, 1.82) is 0 Å². The van der Waals surface area contributed by atoms with Crippen LogP contribution in [-0.2, 0) is 11.8 Å². The molecule has 7 heteroatoms. The number of nitrogens with one attached hydrogen (secondary N) is 1. The Bertz CT molecular complexity index is 986. The smallest absolute Gasteiger partial charge is 0.413 e. The Morgan fingerprint density at radius 3 is 2.61 bits per heavy atom. The Balaban J connectivity index is 1.79. The van der Waals surface area contributed by atoms with Crippen molar-refractivity contribution in [3.63, 3.8) is 0 Å². The average molecular weight is 447 g/mol. The van der Waals surface area contributed by atoms with E-state index in [4.69, 9.17) is 9.47 Å². The van der Waals surface area contributed by atoms with Crippen molar-refractivity contribution in [3.8, 4) is 16.9 Å². The van der Waals surface area contributed by atoms with Gasteiger partial charge in [0.05, 0.1) is 12.7 Å². The predicted molar refractivity (Wildman–Crippen MR) is 110 cm³/mol. The van der Waals surface area contributed by atoms with Crippen molar-refractivity contribution in [3.05, 3.63) is 70.6 Å². The Morgan fingerprint density at radius 2 is 1.93 bits per heavy atom. The lowest BCUT2D eigenvalue weighted by molar-refractivity contribution is 0.121. The first-order chi connectivity index (χ1) is 13.4. The number of methoxy groups -OCH3 is 1. The van der Waals surface area contributed by atoms with E-state index in [1.54, 1.807) is 39.3 Å². The number of carbonyl (C=O) groups is 1. The van der Waals surface area contributed by atoms with Gasteiger partial charge < -0.3 is 14.0 Å². The number of carbonyl (C=O) groups excluding carboxylic acids is 1. The van der Waals surface area contributed by atoms with Gasteiger partial charge in [-0.15, -0.1) is 0 Å². The lowest BCUT2D eigenvalue weighted by Gasteiger charge is -2.16. The van der Waals surface area contributed by atoms with Gasteiger partial charge >= 0.3 is 6.09 Å². The van der Waals surface area contributed by atoms with Crippen LogP contribution in [0, 0.1) is 5.82 Å². The van der Waals surface area contributed by atoms with Gasteiger partial charge in [-0.25, -0.2) is 9.18 Å². The van der Waals surface area contributed by atoms with Crippen molar-refractivity contribution in [2.45, 2.75) is 13.0 Å². The number of aromatic nitrogens is 1. The topological polar surface area (TPSA) is 52.5 Å². The highest BCUT2D eigenvalue weighted by atomic mass is 79.9. The molecule has 0 aliphatic carbocycles. The molecule has 0 unspecified atom stereocenters. The number of hydrogen-bond donors (Lipinski definition) is 1. The van der Waals surface area contributed by atoms with Crippen molar-refractivity contribution in [2.75, 3.05) is 12.4 Å². The highest BCUT2D eigenvalue weighted by Crippen LogP contribution is 2.33. The van der Waals surface area contributed by atoms with Crippen LogP contribution in [-0.4, -0.2) is 17.8 Å². The first-order valence-corrected chi connectivity index (χ1v) is 9.40. The molecular weight excluding hydrogens is 427 g/mol. The van der Waals surface area contributed by atoms with Crippen LogP contribution in [0.5, 0.6) is 5.75 Å². The molecule has 0 bridgehead atoms. The first-order valence-electron chi connectivity index (χ1n) is 8.61. The maximum Gasteiger partial charge on any atom is 0.413 e. The van der Waals surface area contributed by atoms with E-state index in [0.717, 1.165) is 10.0 Å². The molecule has 146 valence electrons. The molecule has 1 heterocycles. The molecule has 1 amide bonds. The van der Waals surface area contributed by atoms with E-state index in [1.165, 1.54) is 10.8 Å². The average Bonchev–Trinajstić information content (AvgIpc) is 2.95. The molecule has 0 spiro atoms. The molecule has 0 saturated carbocycles. The lowest BCUT2D eigenvalue weighted by atomic mass is 10.1. The molecule has 1 aromatic heterocycles. The van der Waals surface area contributed by atoms with Crippen LogP contribution in [0.3, 0.4) is 0 Å². The number of anilines is 1. The molecule has 0 aliphatic rings. The quantitative estimate of drug-likeness (QED) is 0.529. The Labute approximate surface area is 171 Å². The zero-order valence-corrected chi connectivity index (χ0v) is 17.3. The number of amides is 1. The van der Waals surface area contributed by atoms with E-state index < -0.39 is 18.0 Å². The number of benzene rings is 2. The predicted octanol–water partition coefficient (Wildman–Crippen LogP) is 5.91. The van der Waals surface area contributed by atoms with Crippen molar-refractivity contribution in [2.24, 2.45) is 7.05 Å². The summed E-state index contributed by atoms with van der Waals surface area (Å²) in [6.45, 7) is 1.76. The number of rotatable bonds is 5. The van der Waals surface area contributed by atoms with Crippen LogP contribution >= 0.6 is 15.9 Å². The fourth-order valence-corrected chi connectivity index (χ4v) is 3.14. The highest BCUT2D eigenvalue weighted by Gasteiger charge is 2.20. The van der Waals surface area contributed by atoms with Crippen LogP contribution < -0.4 is 10.1 Å². The van der Waals surface area contributed by atoms with E-state index in [1.807, 2.05) is 30.3 Å². The van der Waals surface area contributed by atoms with Crippen LogP contribution in [0.1, 0.15) is 18.6 Å². The number of hydrogen-bond acceptors (Lipinski definition) is 3. The van der Waals surface area contributed by atoms with E-state index in [9.17, 15) is 9.18 Å². The largest absolute Gasteiger partial charge is 0.497 e. The maximum atomic E-state index is 14.5. The second-order valence-electron chi connectivity index (χ2n) is 6.27. The van der Waals surface area contributed by atoms with Gasteiger partial charge in [-0.05, 0) is 42.3 Å². The van der Waals surface area contributed by atoms with Crippen molar-refractivity contribution < 1.29 is 18.7 Å². The van der Waals surface area contributed by atoms with E-state index >= 15 is 0 Å². The SMILES string of the molecule is COc1cccc([C@@H](C)OC(=O)Nc2c(-c3ccc(Br)cc3)c(F)cn2C)c1. The maximum absolute atomic E-state index is 14.5. The van der Waals surface area contributed by atoms with Gasteiger partial charge in [0, 0.05) is 17.7 Å². The molecule has 2 aromatic carbocycles. The second-order valence-corrected chi connectivity index (χ2v) is 7.18. The molecule has 3 rings (SSSR count). The standard InChI is InChI=1S/C21H20BrFN2O3/c1-13(15-5-4-6-17(11-15)27-3)28-21(26)24-20-19(18(23)12-25(20)2)14-7-9-16(22)10-8-14/h4-13H,1-3H3,(H,24,26)/t13-/m1/s1. The fraction of sp³-hybridized carbons (Fsp3) is 0.190. The lowest BCUT2D eigenvalue weighted by Crippen LogP contribution is -2.18. The van der Waals surface area contributed by atoms with E-state index in [-0.39, 0.29) is 0 Å². The summed E-state index contributed by atoms with van der Waals surface area (Å²) in [5.74, 6) is 0.569. The van der Waals surface area contributed by atoms with E-state index in [2.05, 4.69) is 21.2 Å². The summed E-state index contributed by atoms with van der Waals surface area (Å²) in [5.41, 5.74) is 1.75. The van der Waals surface area contributed by atoms with Crippen LogP contribution in [0.15, 0.2) is 59.2 Å². The van der Waals surface area contributed by atoms with Gasteiger partial charge in [0.15, 0.2) is 5.82 Å². The molecule has 0 fully saturated rings. The third-order valence-electron chi connectivity index (χ3n) is 4.34. The number of ether oxygens (including phenoxy) is 2. The third kappa shape index (κ3) is 4.36. The van der Waals surface area contributed by atoms with Gasteiger partial charge in [0.1, 0.15) is 17.7 Å². The summed E-state index contributed by atoms with van der Waals surface area (Å²) in [6, 6.07) is 14.5. The number of aryl methyl sites for hydroxylation is 1. The Kier molecular flexibility index (Phi) is 6.04. The fourth-order valence-electron chi connectivity index (χ4n) is 2.88. The molecule has 1 atom stereocenters. The molecule has 0 radical (unpaired) electrons. The Hall–Kier alpha value is -2.80. The minimum Gasteiger partial charge on any atom is -0.497 e. The van der Waals surface area contributed by atoms with Crippen molar-refractivity contribution >= 4 is 27.8 Å². The zero-order chi connectivity index (χ0) is 20.3. The molecular formula is C21H20BrFN2O3. The molecule has 0 saturated heterocycles. The van der Waals surface area contributed by atoms with E-state index in [0.29, 0.717) is 22.7 Å². The van der Waals surface area contributed by atoms with Crippen molar-refractivity contribution in [1.82, 2.24) is 4.57 Å². The summed E-state index contributed by atoms with van der Waals surface area (Å²) in [4.78, 5) is 12.4. The van der Waals surface area contributed by atoms with Crippen LogP contribution in [0.2, 0.25) is 0 Å².